The van der Waals surface area contributed by atoms with Crippen LogP contribution in [0, 0.1) is 6.92 Å². The second-order valence-electron chi connectivity index (χ2n) is 4.00. The van der Waals surface area contributed by atoms with Crippen LogP contribution in [0.4, 0.5) is 18.9 Å². The van der Waals surface area contributed by atoms with Crippen molar-refractivity contribution in [2.75, 3.05) is 5.43 Å². The Morgan fingerprint density at radius 3 is 2.40 bits per heavy atom. The van der Waals surface area contributed by atoms with Crippen LogP contribution in [0.15, 0.2) is 39.9 Å². The summed E-state index contributed by atoms with van der Waals surface area (Å²) in [6, 6.07) is 6.65. The van der Waals surface area contributed by atoms with Gasteiger partial charge in [0.25, 0.3) is 0 Å². The molecule has 20 heavy (non-hydrogen) atoms. The van der Waals surface area contributed by atoms with Gasteiger partial charge in [0.1, 0.15) is 0 Å². The molecule has 1 heterocycles. The molecule has 0 unspecified atom stereocenters. The number of hydrazone groups is 1. The van der Waals surface area contributed by atoms with Gasteiger partial charge < -0.3 is 0 Å². The number of benzene rings is 1. The molecular formula is C13H10BrF3N2S. The number of nitrogens with one attached hydrogen (secondary N) is 1. The Bertz CT molecular complexity index is 598. The molecule has 0 bridgehead atoms. The van der Waals surface area contributed by atoms with E-state index < -0.39 is 11.7 Å². The van der Waals surface area contributed by atoms with Crippen molar-refractivity contribution in [2.24, 2.45) is 5.10 Å². The number of anilines is 1. The number of hydrogen-bond acceptors (Lipinski definition) is 3. The molecule has 1 aromatic carbocycles. The lowest BCUT2D eigenvalue weighted by molar-refractivity contribution is -0.137. The molecular weight excluding hydrogens is 353 g/mol. The zero-order valence-electron chi connectivity index (χ0n) is 10.3. The molecule has 0 aliphatic carbocycles. The van der Waals surface area contributed by atoms with Crippen molar-refractivity contribution in [1.82, 2.24) is 0 Å². The van der Waals surface area contributed by atoms with Crippen molar-refractivity contribution < 1.29 is 13.2 Å². The van der Waals surface area contributed by atoms with Crippen molar-refractivity contribution in [3.05, 3.63) is 50.1 Å². The first-order valence-corrected chi connectivity index (χ1v) is 7.19. The van der Waals surface area contributed by atoms with Gasteiger partial charge in [-0.15, -0.1) is 11.3 Å². The average molecular weight is 363 g/mol. The molecule has 2 aromatic rings. The third-order valence-corrected chi connectivity index (χ3v) is 4.55. The fourth-order valence-corrected chi connectivity index (χ4v) is 2.88. The molecule has 1 aromatic heterocycles. The van der Waals surface area contributed by atoms with Crippen molar-refractivity contribution in [1.29, 1.82) is 0 Å². The predicted molar refractivity (Wildman–Crippen MR) is 79.4 cm³/mol. The highest BCUT2D eigenvalue weighted by atomic mass is 79.9. The van der Waals surface area contributed by atoms with Gasteiger partial charge in [-0.25, -0.2) is 0 Å². The van der Waals surface area contributed by atoms with E-state index in [-0.39, 0.29) is 0 Å². The number of rotatable bonds is 3. The predicted octanol–water partition coefficient (Wildman–Crippen LogP) is 5.28. The summed E-state index contributed by atoms with van der Waals surface area (Å²) in [5.41, 5.74) is 2.52. The van der Waals surface area contributed by atoms with Crippen LogP contribution in [0.1, 0.15) is 15.3 Å². The molecule has 0 saturated heterocycles. The Labute approximate surface area is 126 Å². The Hall–Kier alpha value is -1.34. The van der Waals surface area contributed by atoms with E-state index in [1.165, 1.54) is 12.1 Å². The lowest BCUT2D eigenvalue weighted by atomic mass is 10.2. The number of hydrogen-bond donors (Lipinski definition) is 1. The minimum Gasteiger partial charge on any atom is -0.278 e. The topological polar surface area (TPSA) is 24.4 Å². The summed E-state index contributed by atoms with van der Waals surface area (Å²) >= 11 is 4.97. The van der Waals surface area contributed by atoms with E-state index in [2.05, 4.69) is 26.5 Å². The van der Waals surface area contributed by atoms with E-state index >= 15 is 0 Å². The maximum Gasteiger partial charge on any atom is 0.416 e. The van der Waals surface area contributed by atoms with Crippen molar-refractivity contribution >= 4 is 39.2 Å². The largest absolute Gasteiger partial charge is 0.416 e. The van der Waals surface area contributed by atoms with Crippen LogP contribution < -0.4 is 5.43 Å². The van der Waals surface area contributed by atoms with Gasteiger partial charge in [-0.1, -0.05) is 0 Å². The maximum absolute atomic E-state index is 12.4. The number of aryl methyl sites for hydroxylation is 1. The van der Waals surface area contributed by atoms with Crippen LogP contribution in [0.3, 0.4) is 0 Å². The summed E-state index contributed by atoms with van der Waals surface area (Å²) in [6.45, 7) is 1.98. The van der Waals surface area contributed by atoms with Crippen molar-refractivity contribution in [3.8, 4) is 0 Å². The summed E-state index contributed by atoms with van der Waals surface area (Å²) in [7, 11) is 0. The lowest BCUT2D eigenvalue weighted by Crippen LogP contribution is -2.04. The Morgan fingerprint density at radius 2 is 1.90 bits per heavy atom. The van der Waals surface area contributed by atoms with Crippen LogP contribution in [0.2, 0.25) is 0 Å². The molecule has 0 spiro atoms. The van der Waals surface area contributed by atoms with E-state index in [1.54, 1.807) is 17.6 Å². The fourth-order valence-electron chi connectivity index (χ4n) is 1.45. The smallest absolute Gasteiger partial charge is 0.278 e. The molecule has 106 valence electrons. The van der Waals surface area contributed by atoms with Crippen molar-refractivity contribution in [3.63, 3.8) is 0 Å². The minimum atomic E-state index is -4.32. The molecule has 7 heteroatoms. The van der Waals surface area contributed by atoms with Gasteiger partial charge in [-0.3, -0.25) is 5.43 Å². The van der Waals surface area contributed by atoms with Crippen LogP contribution in [-0.4, -0.2) is 6.21 Å². The number of thiophene rings is 1. The molecule has 2 rings (SSSR count). The summed E-state index contributed by atoms with van der Waals surface area (Å²) in [6.07, 6.45) is -2.69. The standard InChI is InChI=1S/C13H10BrF3N2S/c1-8-12(14)6-11(20-8)7-18-19-10-4-2-9(3-5-10)13(15,16)17/h2-7,19H,1H3/b18-7+. The van der Waals surface area contributed by atoms with Gasteiger partial charge in [-0.05, 0) is 53.2 Å². The third kappa shape index (κ3) is 3.83. The zero-order chi connectivity index (χ0) is 14.8. The normalized spacial score (nSPS) is 12.1. The second-order valence-corrected chi connectivity index (χ2v) is 6.14. The average Bonchev–Trinajstić information content (AvgIpc) is 2.68. The van der Waals surface area contributed by atoms with Crippen LogP contribution >= 0.6 is 27.3 Å². The highest BCUT2D eigenvalue weighted by Gasteiger charge is 2.29. The Balaban J connectivity index is 2.00. The first kappa shape index (κ1) is 15.1. The molecule has 0 amide bonds. The maximum atomic E-state index is 12.4. The first-order valence-electron chi connectivity index (χ1n) is 5.58. The van der Waals surface area contributed by atoms with Crippen LogP contribution in [0.5, 0.6) is 0 Å². The monoisotopic (exact) mass is 362 g/mol. The van der Waals surface area contributed by atoms with Gasteiger partial charge in [0.2, 0.25) is 0 Å². The van der Waals surface area contributed by atoms with E-state index in [9.17, 15) is 13.2 Å². The van der Waals surface area contributed by atoms with Gasteiger partial charge in [0.05, 0.1) is 17.5 Å². The van der Waals surface area contributed by atoms with Gasteiger partial charge in [-0.2, -0.15) is 18.3 Å². The van der Waals surface area contributed by atoms with Crippen molar-refractivity contribution in [2.45, 2.75) is 13.1 Å². The zero-order valence-corrected chi connectivity index (χ0v) is 12.7. The van der Waals surface area contributed by atoms with Gasteiger partial charge in [0, 0.05) is 14.2 Å². The quantitative estimate of drug-likeness (QED) is 0.582. The molecule has 1 N–H and O–H groups in total. The SMILES string of the molecule is Cc1sc(/C=N/Nc2ccc(C(F)(F)F)cc2)cc1Br. The highest BCUT2D eigenvalue weighted by molar-refractivity contribution is 9.10. The van der Waals surface area contributed by atoms with Crippen LogP contribution in [-0.2, 0) is 6.18 Å². The second kappa shape index (κ2) is 5.97. The molecule has 0 atom stereocenters. The summed E-state index contributed by atoms with van der Waals surface area (Å²) in [5, 5.41) is 3.99. The summed E-state index contributed by atoms with van der Waals surface area (Å²) in [4.78, 5) is 2.09. The van der Waals surface area contributed by atoms with Gasteiger partial charge in [0.15, 0.2) is 0 Å². The molecule has 0 radical (unpaired) electrons. The van der Waals surface area contributed by atoms with E-state index in [0.717, 1.165) is 26.4 Å². The Morgan fingerprint density at radius 1 is 1.25 bits per heavy atom. The lowest BCUT2D eigenvalue weighted by Gasteiger charge is -2.06. The van der Waals surface area contributed by atoms with E-state index in [0.29, 0.717) is 5.69 Å². The molecule has 0 aliphatic rings. The minimum absolute atomic E-state index is 0.501. The molecule has 0 saturated carbocycles. The van der Waals surface area contributed by atoms with Gasteiger partial charge >= 0.3 is 6.18 Å². The highest BCUT2D eigenvalue weighted by Crippen LogP contribution is 2.29. The Kier molecular flexibility index (Phi) is 4.49. The number of halogens is 4. The summed E-state index contributed by atoms with van der Waals surface area (Å²) in [5.74, 6) is 0. The molecule has 2 nitrogen and oxygen atoms in total. The van der Waals surface area contributed by atoms with Crippen LogP contribution in [0.25, 0.3) is 0 Å². The van der Waals surface area contributed by atoms with E-state index in [4.69, 9.17) is 0 Å². The third-order valence-electron chi connectivity index (χ3n) is 2.47. The number of alkyl halides is 3. The fraction of sp³-hybridized carbons (Fsp3) is 0.154. The first-order chi connectivity index (χ1) is 9.36. The summed E-state index contributed by atoms with van der Waals surface area (Å²) < 4.78 is 38.2. The molecule has 0 aliphatic heterocycles. The molecule has 0 fully saturated rings. The number of nitrogens with zero attached hydrogens (tertiary/aromatic N) is 1. The van der Waals surface area contributed by atoms with E-state index in [1.807, 2.05) is 13.0 Å².